The lowest BCUT2D eigenvalue weighted by atomic mass is 10.1. The van der Waals surface area contributed by atoms with Crippen molar-refractivity contribution in [3.63, 3.8) is 0 Å². The molecule has 1 aliphatic heterocycles. The van der Waals surface area contributed by atoms with Crippen molar-refractivity contribution in [3.05, 3.63) is 57.6 Å². The summed E-state index contributed by atoms with van der Waals surface area (Å²) in [5, 5.41) is 13.8. The Labute approximate surface area is 145 Å². The van der Waals surface area contributed by atoms with E-state index in [4.69, 9.17) is 5.73 Å². The predicted octanol–water partition coefficient (Wildman–Crippen LogP) is 3.34. The van der Waals surface area contributed by atoms with Crippen LogP contribution in [0.5, 0.6) is 0 Å². The van der Waals surface area contributed by atoms with Crippen LogP contribution in [0, 0.1) is 17.0 Å². The maximum absolute atomic E-state index is 12.4. The van der Waals surface area contributed by atoms with E-state index in [-0.39, 0.29) is 16.9 Å². The molecule has 25 heavy (non-hydrogen) atoms. The number of nitrogens with zero attached hydrogens (tertiary/aromatic N) is 2. The van der Waals surface area contributed by atoms with Crippen LogP contribution in [-0.2, 0) is 0 Å². The van der Waals surface area contributed by atoms with Crippen molar-refractivity contribution in [2.24, 2.45) is 0 Å². The number of rotatable bonds is 4. The minimum Gasteiger partial charge on any atom is -0.393 e. The van der Waals surface area contributed by atoms with Gasteiger partial charge < -0.3 is 16.0 Å². The highest BCUT2D eigenvalue weighted by molar-refractivity contribution is 6.05. The molecule has 0 radical (unpaired) electrons. The van der Waals surface area contributed by atoms with Crippen molar-refractivity contribution in [2.45, 2.75) is 19.8 Å². The zero-order valence-electron chi connectivity index (χ0n) is 14.0. The van der Waals surface area contributed by atoms with Crippen molar-refractivity contribution in [1.29, 1.82) is 0 Å². The zero-order chi connectivity index (χ0) is 18.0. The summed E-state index contributed by atoms with van der Waals surface area (Å²) in [6.45, 7) is 4.04. The monoisotopic (exact) mass is 340 g/mol. The molecule has 7 heteroatoms. The van der Waals surface area contributed by atoms with Crippen molar-refractivity contribution >= 4 is 28.7 Å². The van der Waals surface area contributed by atoms with E-state index in [0.717, 1.165) is 24.3 Å². The number of hydrogen-bond acceptors (Lipinski definition) is 5. The molecule has 3 N–H and O–H groups in total. The fraction of sp³-hybridized carbons (Fsp3) is 0.278. The van der Waals surface area contributed by atoms with Crippen LogP contribution < -0.4 is 16.0 Å². The van der Waals surface area contributed by atoms with Crippen LogP contribution in [0.15, 0.2) is 36.4 Å². The molecule has 1 amide bonds. The molecule has 1 heterocycles. The average Bonchev–Trinajstić information content (AvgIpc) is 3.11. The second-order valence-electron chi connectivity index (χ2n) is 6.18. The Morgan fingerprint density at radius 2 is 1.92 bits per heavy atom. The summed E-state index contributed by atoms with van der Waals surface area (Å²) in [5.74, 6) is -0.403. The quantitative estimate of drug-likeness (QED) is 0.505. The Hall–Kier alpha value is -3.09. The van der Waals surface area contributed by atoms with Gasteiger partial charge in [-0.05, 0) is 55.7 Å². The molecule has 2 aromatic rings. The molecule has 0 bridgehead atoms. The number of anilines is 3. The number of nitro groups is 1. The summed E-state index contributed by atoms with van der Waals surface area (Å²) in [6, 6.07) is 9.94. The van der Waals surface area contributed by atoms with Crippen LogP contribution >= 0.6 is 0 Å². The number of nitro benzene ring substituents is 1. The number of carbonyl (C=O) groups excluding carboxylic acids is 1. The fourth-order valence-corrected chi connectivity index (χ4v) is 3.00. The molecule has 0 aliphatic carbocycles. The number of nitrogens with two attached hydrogens (primary N) is 1. The van der Waals surface area contributed by atoms with Crippen LogP contribution in [0.25, 0.3) is 0 Å². The van der Waals surface area contributed by atoms with Crippen LogP contribution in [0.3, 0.4) is 0 Å². The Kier molecular flexibility index (Phi) is 4.56. The van der Waals surface area contributed by atoms with E-state index in [1.807, 2.05) is 25.1 Å². The first kappa shape index (κ1) is 16.8. The van der Waals surface area contributed by atoms with Crippen LogP contribution in [0.4, 0.5) is 22.7 Å². The number of hydrogen-bond donors (Lipinski definition) is 2. The zero-order valence-corrected chi connectivity index (χ0v) is 14.0. The molecule has 0 atom stereocenters. The number of nitrogen functional groups attached to an aromatic ring is 1. The molecule has 0 unspecified atom stereocenters. The molecule has 0 aromatic heterocycles. The Morgan fingerprint density at radius 3 is 2.56 bits per heavy atom. The minimum absolute atomic E-state index is 0.0349. The van der Waals surface area contributed by atoms with Crippen LogP contribution in [0.1, 0.15) is 28.8 Å². The van der Waals surface area contributed by atoms with Crippen molar-refractivity contribution < 1.29 is 9.72 Å². The topological polar surface area (TPSA) is 102 Å². The molecule has 0 spiro atoms. The van der Waals surface area contributed by atoms with Gasteiger partial charge in [0.05, 0.1) is 4.92 Å². The highest BCUT2D eigenvalue weighted by Gasteiger charge is 2.17. The molecule has 0 saturated carbocycles. The van der Waals surface area contributed by atoms with Gasteiger partial charge in [-0.25, -0.2) is 0 Å². The van der Waals surface area contributed by atoms with Gasteiger partial charge in [0, 0.05) is 36.1 Å². The Bertz CT molecular complexity index is 829. The predicted molar refractivity (Wildman–Crippen MR) is 98.1 cm³/mol. The summed E-state index contributed by atoms with van der Waals surface area (Å²) in [4.78, 5) is 25.1. The third-order valence-electron chi connectivity index (χ3n) is 4.42. The molecule has 3 rings (SSSR count). The normalized spacial score (nSPS) is 13.7. The van der Waals surface area contributed by atoms with Crippen molar-refractivity contribution in [2.75, 3.05) is 29.0 Å². The Balaban J connectivity index is 1.79. The van der Waals surface area contributed by atoms with Crippen LogP contribution in [0.2, 0.25) is 0 Å². The fourth-order valence-electron chi connectivity index (χ4n) is 3.00. The van der Waals surface area contributed by atoms with Crippen molar-refractivity contribution in [1.82, 2.24) is 0 Å². The van der Waals surface area contributed by atoms with Gasteiger partial charge in [-0.15, -0.1) is 0 Å². The summed E-state index contributed by atoms with van der Waals surface area (Å²) in [6.07, 6.45) is 2.40. The minimum atomic E-state index is -0.595. The highest BCUT2D eigenvalue weighted by Crippen LogP contribution is 2.27. The van der Waals surface area contributed by atoms with E-state index in [1.54, 1.807) is 0 Å². The molecular weight excluding hydrogens is 320 g/mol. The van der Waals surface area contributed by atoms with E-state index in [1.165, 1.54) is 31.0 Å². The van der Waals surface area contributed by atoms with Crippen molar-refractivity contribution in [3.8, 4) is 0 Å². The smallest absolute Gasteiger partial charge is 0.292 e. The van der Waals surface area contributed by atoms with E-state index in [2.05, 4.69) is 10.2 Å². The third-order valence-corrected chi connectivity index (χ3v) is 4.42. The number of benzene rings is 2. The molecular formula is C18H20N4O3. The van der Waals surface area contributed by atoms with Gasteiger partial charge >= 0.3 is 0 Å². The average molecular weight is 340 g/mol. The van der Waals surface area contributed by atoms with Gasteiger partial charge in [0.25, 0.3) is 11.6 Å². The first-order valence-corrected chi connectivity index (χ1v) is 8.16. The number of aryl methyl sites for hydroxylation is 1. The SMILES string of the molecule is Cc1cc(N2CCCC2)ccc1NC(=O)c1ccc(N)c([N+](=O)[O-])c1. The molecule has 1 aliphatic rings. The standard InChI is InChI=1S/C18H20N4O3/c1-12-10-14(21-8-2-3-9-21)5-7-16(12)20-18(23)13-4-6-15(19)17(11-13)22(24)25/h4-7,10-11H,2-3,8-9,19H2,1H3,(H,20,23). The Morgan fingerprint density at radius 1 is 1.20 bits per heavy atom. The van der Waals surface area contributed by atoms with Gasteiger partial charge in [0.15, 0.2) is 0 Å². The summed E-state index contributed by atoms with van der Waals surface area (Å²) in [5.41, 5.74) is 8.31. The first-order valence-electron chi connectivity index (χ1n) is 8.16. The first-order chi connectivity index (χ1) is 12.0. The molecule has 130 valence electrons. The van der Waals surface area contributed by atoms with Gasteiger partial charge in [0.2, 0.25) is 0 Å². The second kappa shape index (κ2) is 6.80. The van der Waals surface area contributed by atoms with Crippen LogP contribution in [-0.4, -0.2) is 23.9 Å². The number of carbonyl (C=O) groups is 1. The van der Waals surface area contributed by atoms with Gasteiger partial charge in [-0.1, -0.05) is 0 Å². The summed E-state index contributed by atoms with van der Waals surface area (Å²) < 4.78 is 0. The van der Waals surface area contributed by atoms with E-state index in [0.29, 0.717) is 5.69 Å². The van der Waals surface area contributed by atoms with Gasteiger partial charge in [0.1, 0.15) is 5.69 Å². The number of nitrogens with one attached hydrogen (secondary N) is 1. The maximum Gasteiger partial charge on any atom is 0.292 e. The highest BCUT2D eigenvalue weighted by atomic mass is 16.6. The maximum atomic E-state index is 12.4. The molecule has 7 nitrogen and oxygen atoms in total. The lowest BCUT2D eigenvalue weighted by molar-refractivity contribution is -0.383. The lowest BCUT2D eigenvalue weighted by Gasteiger charge is -2.19. The third kappa shape index (κ3) is 3.55. The van der Waals surface area contributed by atoms with E-state index >= 15 is 0 Å². The largest absolute Gasteiger partial charge is 0.393 e. The van der Waals surface area contributed by atoms with Gasteiger partial charge in [-0.3, -0.25) is 14.9 Å². The van der Waals surface area contributed by atoms with Gasteiger partial charge in [-0.2, -0.15) is 0 Å². The lowest BCUT2D eigenvalue weighted by Crippen LogP contribution is -2.18. The number of amides is 1. The molecule has 1 saturated heterocycles. The summed E-state index contributed by atoms with van der Waals surface area (Å²) >= 11 is 0. The molecule has 2 aromatic carbocycles. The molecule has 1 fully saturated rings. The second-order valence-corrected chi connectivity index (χ2v) is 6.18. The van der Waals surface area contributed by atoms with E-state index < -0.39 is 10.8 Å². The van der Waals surface area contributed by atoms with E-state index in [9.17, 15) is 14.9 Å². The summed E-state index contributed by atoms with van der Waals surface area (Å²) in [7, 11) is 0.